The average Bonchev–Trinajstić information content (AvgIpc) is 2.27. The number of carbonyl (C=O) groups excluding carboxylic acids is 1. The van der Waals surface area contributed by atoms with Gasteiger partial charge in [-0.1, -0.05) is 29.8 Å². The number of carbonyl (C=O) groups is 1. The second-order valence-electron chi connectivity index (χ2n) is 4.79. The fourth-order valence-corrected chi connectivity index (χ4v) is 2.80. The molecule has 0 heterocycles. The summed E-state index contributed by atoms with van der Waals surface area (Å²) in [5.74, 6) is 0.00375. The lowest BCUT2D eigenvalue weighted by atomic mass is 9.90. The highest BCUT2D eigenvalue weighted by atomic mass is 127. The van der Waals surface area contributed by atoms with E-state index in [0.29, 0.717) is 6.54 Å². The van der Waals surface area contributed by atoms with Crippen molar-refractivity contribution in [1.82, 2.24) is 5.32 Å². The molecular formula is C13H17BrINO. The molecule has 0 unspecified atom stereocenters. The first-order chi connectivity index (χ1) is 7.94. The third-order valence-corrected chi connectivity index (χ3v) is 3.72. The first-order valence-corrected chi connectivity index (χ1v) is 7.74. The molecule has 0 aliphatic carbocycles. The lowest BCUT2D eigenvalue weighted by molar-refractivity contribution is 0.0936. The van der Waals surface area contributed by atoms with Crippen molar-refractivity contribution in [2.45, 2.75) is 20.3 Å². The third kappa shape index (κ3) is 5.38. The molecule has 0 aromatic heterocycles. The van der Waals surface area contributed by atoms with Gasteiger partial charge in [-0.2, -0.15) is 0 Å². The highest BCUT2D eigenvalue weighted by Crippen LogP contribution is 2.20. The Morgan fingerprint density at radius 2 is 1.94 bits per heavy atom. The molecule has 0 fully saturated rings. The first-order valence-electron chi connectivity index (χ1n) is 5.54. The van der Waals surface area contributed by atoms with Crippen molar-refractivity contribution in [1.29, 1.82) is 0 Å². The molecule has 1 aromatic carbocycles. The molecule has 0 saturated carbocycles. The highest BCUT2D eigenvalue weighted by molar-refractivity contribution is 14.1. The van der Waals surface area contributed by atoms with E-state index in [4.69, 9.17) is 0 Å². The molecule has 1 rings (SSSR count). The summed E-state index contributed by atoms with van der Waals surface area (Å²) in [6, 6.07) is 7.60. The van der Waals surface area contributed by atoms with Gasteiger partial charge < -0.3 is 5.32 Å². The van der Waals surface area contributed by atoms with Gasteiger partial charge in [-0.3, -0.25) is 4.79 Å². The van der Waals surface area contributed by atoms with E-state index in [2.05, 4.69) is 57.7 Å². The maximum atomic E-state index is 11.9. The van der Waals surface area contributed by atoms with Crippen LogP contribution in [0.2, 0.25) is 0 Å². The molecule has 1 N–H and O–H groups in total. The van der Waals surface area contributed by atoms with Gasteiger partial charge in [-0.15, -0.1) is 0 Å². The van der Waals surface area contributed by atoms with E-state index >= 15 is 0 Å². The van der Waals surface area contributed by atoms with Gasteiger partial charge in [0.25, 0.3) is 5.91 Å². The fraction of sp³-hybridized carbons (Fsp3) is 0.462. The third-order valence-electron chi connectivity index (χ3n) is 2.61. The van der Waals surface area contributed by atoms with E-state index in [1.807, 2.05) is 24.3 Å². The van der Waals surface area contributed by atoms with Gasteiger partial charge in [-0.25, -0.2) is 0 Å². The number of amides is 1. The second-order valence-corrected chi connectivity index (χ2v) is 6.83. The number of rotatable bonds is 5. The molecule has 0 bridgehead atoms. The van der Waals surface area contributed by atoms with Crippen LogP contribution in [-0.2, 0) is 0 Å². The van der Waals surface area contributed by atoms with E-state index in [-0.39, 0.29) is 11.3 Å². The van der Waals surface area contributed by atoms with Gasteiger partial charge in [0.1, 0.15) is 0 Å². The van der Waals surface area contributed by atoms with Gasteiger partial charge in [-0.05, 0) is 58.7 Å². The molecule has 4 heteroatoms. The number of nitrogens with one attached hydrogen (secondary N) is 1. The molecule has 94 valence electrons. The summed E-state index contributed by atoms with van der Waals surface area (Å²) in [6.45, 7) is 5.01. The zero-order valence-corrected chi connectivity index (χ0v) is 13.8. The maximum absolute atomic E-state index is 11.9. The highest BCUT2D eigenvalue weighted by Gasteiger charge is 2.18. The van der Waals surface area contributed by atoms with Crippen LogP contribution in [-0.4, -0.2) is 17.8 Å². The molecule has 1 amide bonds. The Kier molecular flexibility index (Phi) is 5.92. The molecule has 1 aromatic rings. The van der Waals surface area contributed by atoms with Crippen molar-refractivity contribution in [3.05, 3.63) is 33.4 Å². The molecule has 0 aliphatic rings. The number of hydrogen-bond donors (Lipinski definition) is 1. The van der Waals surface area contributed by atoms with E-state index in [0.717, 1.165) is 20.9 Å². The maximum Gasteiger partial charge on any atom is 0.251 e. The van der Waals surface area contributed by atoms with Crippen LogP contribution in [0.15, 0.2) is 24.3 Å². The zero-order valence-electron chi connectivity index (χ0n) is 10.1. The Balaban J connectivity index is 2.53. The largest absolute Gasteiger partial charge is 0.352 e. The molecule has 17 heavy (non-hydrogen) atoms. The topological polar surface area (TPSA) is 29.1 Å². The summed E-state index contributed by atoms with van der Waals surface area (Å²) in [6.07, 6.45) is 1.04. The minimum absolute atomic E-state index is 0.00375. The lowest BCUT2D eigenvalue weighted by Crippen LogP contribution is -2.34. The Bertz CT molecular complexity index is 376. The molecule has 0 radical (unpaired) electrons. The molecule has 0 aliphatic heterocycles. The Morgan fingerprint density at radius 3 is 2.47 bits per heavy atom. The minimum Gasteiger partial charge on any atom is -0.352 e. The molecular weight excluding hydrogens is 393 g/mol. The van der Waals surface area contributed by atoms with Crippen molar-refractivity contribution in [3.8, 4) is 0 Å². The number of alkyl halides is 1. The number of hydrogen-bond acceptors (Lipinski definition) is 1. The minimum atomic E-state index is 0.00375. The summed E-state index contributed by atoms with van der Waals surface area (Å²) in [4.78, 5) is 11.9. The van der Waals surface area contributed by atoms with Crippen molar-refractivity contribution < 1.29 is 4.79 Å². The van der Waals surface area contributed by atoms with Crippen LogP contribution in [0, 0.1) is 8.99 Å². The van der Waals surface area contributed by atoms with E-state index in [9.17, 15) is 4.79 Å². The molecule has 0 spiro atoms. The summed E-state index contributed by atoms with van der Waals surface area (Å²) in [7, 11) is 0. The molecule has 0 saturated heterocycles. The van der Waals surface area contributed by atoms with E-state index in [1.165, 1.54) is 0 Å². The quantitative estimate of drug-likeness (QED) is 0.581. The van der Waals surface area contributed by atoms with Gasteiger partial charge >= 0.3 is 0 Å². The number of benzene rings is 1. The van der Waals surface area contributed by atoms with Crippen LogP contribution >= 0.6 is 38.5 Å². The Morgan fingerprint density at radius 1 is 1.35 bits per heavy atom. The van der Waals surface area contributed by atoms with Crippen LogP contribution in [0.5, 0.6) is 0 Å². The predicted molar refractivity (Wildman–Crippen MR) is 83.7 cm³/mol. The molecule has 2 nitrogen and oxygen atoms in total. The summed E-state index contributed by atoms with van der Waals surface area (Å²) < 4.78 is 1.14. The lowest BCUT2D eigenvalue weighted by Gasteiger charge is -2.23. The summed E-state index contributed by atoms with van der Waals surface area (Å²) in [5.41, 5.74) is 0.850. The SMILES string of the molecule is CC(C)(CCBr)CNC(=O)c1ccc(I)cc1. The van der Waals surface area contributed by atoms with Crippen LogP contribution in [0.1, 0.15) is 30.6 Å². The molecule has 0 atom stereocenters. The summed E-state index contributed by atoms with van der Waals surface area (Å²) >= 11 is 5.66. The van der Waals surface area contributed by atoms with Crippen LogP contribution in [0.3, 0.4) is 0 Å². The van der Waals surface area contributed by atoms with Crippen molar-refractivity contribution in [2.75, 3.05) is 11.9 Å². The Hall–Kier alpha value is -0.100. The van der Waals surface area contributed by atoms with Crippen molar-refractivity contribution in [3.63, 3.8) is 0 Å². The summed E-state index contributed by atoms with van der Waals surface area (Å²) in [5, 5.41) is 3.94. The van der Waals surface area contributed by atoms with Crippen molar-refractivity contribution in [2.24, 2.45) is 5.41 Å². The van der Waals surface area contributed by atoms with Crippen LogP contribution in [0.25, 0.3) is 0 Å². The van der Waals surface area contributed by atoms with Crippen LogP contribution in [0.4, 0.5) is 0 Å². The zero-order chi connectivity index (χ0) is 12.9. The van der Waals surface area contributed by atoms with Crippen LogP contribution < -0.4 is 5.32 Å². The Labute approximate surface area is 125 Å². The monoisotopic (exact) mass is 409 g/mol. The standard InChI is InChI=1S/C13H17BrINO/c1-13(2,7-8-14)9-16-12(17)10-3-5-11(15)6-4-10/h3-6H,7-9H2,1-2H3,(H,16,17). The van der Waals surface area contributed by atoms with Gasteiger partial charge in [0, 0.05) is 21.0 Å². The first kappa shape index (κ1) is 15.0. The van der Waals surface area contributed by atoms with Gasteiger partial charge in [0.15, 0.2) is 0 Å². The normalized spacial score (nSPS) is 11.3. The van der Waals surface area contributed by atoms with E-state index < -0.39 is 0 Å². The average molecular weight is 410 g/mol. The van der Waals surface area contributed by atoms with Crippen molar-refractivity contribution >= 4 is 44.4 Å². The smallest absolute Gasteiger partial charge is 0.251 e. The van der Waals surface area contributed by atoms with Gasteiger partial charge in [0.2, 0.25) is 0 Å². The number of halogens is 2. The fourth-order valence-electron chi connectivity index (χ4n) is 1.37. The van der Waals surface area contributed by atoms with Gasteiger partial charge in [0.05, 0.1) is 0 Å². The second kappa shape index (κ2) is 6.73. The van der Waals surface area contributed by atoms with E-state index in [1.54, 1.807) is 0 Å². The predicted octanol–water partition coefficient (Wildman–Crippen LogP) is 3.83.